The van der Waals surface area contributed by atoms with Gasteiger partial charge >= 0.3 is 0 Å². The predicted molar refractivity (Wildman–Crippen MR) is 96.0 cm³/mol. The van der Waals surface area contributed by atoms with Crippen LogP contribution in [0.3, 0.4) is 0 Å². The van der Waals surface area contributed by atoms with Gasteiger partial charge in [-0.25, -0.2) is 0 Å². The van der Waals surface area contributed by atoms with E-state index in [-0.39, 0.29) is 17.7 Å². The Hall–Kier alpha value is -2.28. The maximum atomic E-state index is 12.2. The molecule has 0 aliphatic carbocycles. The Bertz CT molecular complexity index is 598. The van der Waals surface area contributed by atoms with E-state index in [0.717, 1.165) is 25.9 Å². The summed E-state index contributed by atoms with van der Waals surface area (Å²) in [7, 11) is 3.13. The zero-order chi connectivity index (χ0) is 18.2. The first-order chi connectivity index (χ1) is 12.1. The zero-order valence-electron chi connectivity index (χ0n) is 15.1. The fourth-order valence-corrected chi connectivity index (χ4v) is 2.99. The van der Waals surface area contributed by atoms with Crippen LogP contribution in [0, 0.1) is 5.92 Å². The van der Waals surface area contributed by atoms with E-state index in [4.69, 9.17) is 9.47 Å². The van der Waals surface area contributed by atoms with Gasteiger partial charge in [-0.15, -0.1) is 0 Å². The van der Waals surface area contributed by atoms with E-state index in [1.165, 1.54) is 0 Å². The van der Waals surface area contributed by atoms with Crippen molar-refractivity contribution in [3.8, 4) is 11.5 Å². The van der Waals surface area contributed by atoms with Gasteiger partial charge < -0.3 is 20.1 Å². The molecule has 0 aromatic heterocycles. The lowest BCUT2D eigenvalue weighted by molar-refractivity contribution is -0.126. The topological polar surface area (TPSA) is 79.9 Å². The summed E-state index contributed by atoms with van der Waals surface area (Å²) in [5.41, 5.74) is 0.667. The number of carbonyl (C=O) groups is 2. The van der Waals surface area contributed by atoms with Crippen LogP contribution >= 0.6 is 0 Å². The van der Waals surface area contributed by atoms with Crippen molar-refractivity contribution in [3.63, 3.8) is 0 Å². The average Bonchev–Trinajstić information content (AvgIpc) is 2.62. The molecule has 0 unspecified atom stereocenters. The van der Waals surface area contributed by atoms with E-state index >= 15 is 0 Å². The van der Waals surface area contributed by atoms with Crippen LogP contribution in [0.5, 0.6) is 11.5 Å². The summed E-state index contributed by atoms with van der Waals surface area (Å²) in [5.74, 6) is 1.29. The van der Waals surface area contributed by atoms with Gasteiger partial charge in [0.05, 0.1) is 20.8 Å². The maximum absolute atomic E-state index is 12.2. The number of hydrogen-bond donors (Lipinski definition) is 2. The lowest BCUT2D eigenvalue weighted by Crippen LogP contribution is -2.43. The van der Waals surface area contributed by atoms with Gasteiger partial charge in [-0.1, -0.05) is 0 Å². The molecule has 2 amide bonds. The Labute approximate surface area is 148 Å². The third-order valence-electron chi connectivity index (χ3n) is 4.34. The summed E-state index contributed by atoms with van der Waals surface area (Å²) in [6, 6.07) is 5.27. The highest BCUT2D eigenvalue weighted by Gasteiger charge is 2.25. The van der Waals surface area contributed by atoms with E-state index < -0.39 is 0 Å². The molecule has 1 aromatic rings. The van der Waals surface area contributed by atoms with Gasteiger partial charge in [-0.3, -0.25) is 14.5 Å². The monoisotopic (exact) mass is 349 g/mol. The molecule has 1 saturated heterocycles. The van der Waals surface area contributed by atoms with Crippen molar-refractivity contribution in [2.45, 2.75) is 19.8 Å². The number of piperidine rings is 1. The summed E-state index contributed by atoms with van der Waals surface area (Å²) < 4.78 is 10.4. The number of anilines is 1. The number of likely N-dealkylation sites (tertiary alicyclic amines) is 1. The molecule has 0 spiro atoms. The molecule has 7 heteroatoms. The highest BCUT2D eigenvalue weighted by atomic mass is 16.5. The van der Waals surface area contributed by atoms with Crippen LogP contribution in [-0.2, 0) is 9.59 Å². The molecule has 1 aliphatic heterocycles. The van der Waals surface area contributed by atoms with Crippen LogP contribution < -0.4 is 20.1 Å². The molecule has 0 radical (unpaired) electrons. The molecular formula is C18H27N3O4. The van der Waals surface area contributed by atoms with Gasteiger partial charge in [-0.05, 0) is 45.0 Å². The number of hydrogen-bond acceptors (Lipinski definition) is 5. The number of carbonyl (C=O) groups excluding carboxylic acids is 2. The van der Waals surface area contributed by atoms with E-state index in [2.05, 4.69) is 15.5 Å². The summed E-state index contributed by atoms with van der Waals surface area (Å²) >= 11 is 0. The first-order valence-corrected chi connectivity index (χ1v) is 8.59. The van der Waals surface area contributed by atoms with Gasteiger partial charge in [-0.2, -0.15) is 0 Å². The lowest BCUT2D eigenvalue weighted by atomic mass is 9.96. The summed E-state index contributed by atoms with van der Waals surface area (Å²) in [6.07, 6.45) is 1.57. The molecule has 0 atom stereocenters. The van der Waals surface area contributed by atoms with Crippen LogP contribution in [0.4, 0.5) is 5.69 Å². The molecule has 1 heterocycles. The molecule has 2 N–H and O–H groups in total. The predicted octanol–water partition coefficient (Wildman–Crippen LogP) is 1.49. The summed E-state index contributed by atoms with van der Waals surface area (Å²) in [4.78, 5) is 26.2. The van der Waals surface area contributed by atoms with Gasteiger partial charge in [0, 0.05) is 24.2 Å². The SMILES string of the molecule is CCNC(=O)C1CCN(CC(=O)Nc2ccc(OC)c(OC)c2)CC1. The van der Waals surface area contributed by atoms with Crippen molar-refractivity contribution in [2.75, 3.05) is 45.7 Å². The normalized spacial score (nSPS) is 15.5. The quantitative estimate of drug-likeness (QED) is 0.780. The van der Waals surface area contributed by atoms with Gasteiger partial charge in [0.15, 0.2) is 11.5 Å². The Balaban J connectivity index is 1.82. The van der Waals surface area contributed by atoms with Crippen molar-refractivity contribution in [2.24, 2.45) is 5.92 Å². The van der Waals surface area contributed by atoms with Crippen molar-refractivity contribution >= 4 is 17.5 Å². The molecule has 1 aromatic carbocycles. The van der Waals surface area contributed by atoms with Crippen molar-refractivity contribution in [1.82, 2.24) is 10.2 Å². The first kappa shape index (κ1) is 19.1. The van der Waals surface area contributed by atoms with Crippen LogP contribution in [0.1, 0.15) is 19.8 Å². The first-order valence-electron chi connectivity index (χ1n) is 8.59. The smallest absolute Gasteiger partial charge is 0.238 e. The second-order valence-corrected chi connectivity index (χ2v) is 6.06. The maximum Gasteiger partial charge on any atom is 0.238 e. The van der Waals surface area contributed by atoms with Gasteiger partial charge in [0.25, 0.3) is 0 Å². The zero-order valence-corrected chi connectivity index (χ0v) is 15.1. The van der Waals surface area contributed by atoms with Crippen molar-refractivity contribution in [3.05, 3.63) is 18.2 Å². The van der Waals surface area contributed by atoms with Crippen LogP contribution in [0.15, 0.2) is 18.2 Å². The fourth-order valence-electron chi connectivity index (χ4n) is 2.99. The molecule has 7 nitrogen and oxygen atoms in total. The van der Waals surface area contributed by atoms with Gasteiger partial charge in [0.2, 0.25) is 11.8 Å². The van der Waals surface area contributed by atoms with E-state index in [9.17, 15) is 9.59 Å². The van der Waals surface area contributed by atoms with E-state index in [0.29, 0.717) is 30.3 Å². The Morgan fingerprint density at radius 2 is 1.84 bits per heavy atom. The number of amides is 2. The summed E-state index contributed by atoms with van der Waals surface area (Å²) in [5, 5.41) is 5.74. The molecule has 1 fully saturated rings. The van der Waals surface area contributed by atoms with Crippen molar-refractivity contribution in [1.29, 1.82) is 0 Å². The number of nitrogens with one attached hydrogen (secondary N) is 2. The number of nitrogens with zero attached hydrogens (tertiary/aromatic N) is 1. The Kier molecular flexibility index (Phi) is 7.06. The number of benzene rings is 1. The molecule has 1 aliphatic rings. The molecular weight excluding hydrogens is 322 g/mol. The molecule has 0 bridgehead atoms. The van der Waals surface area contributed by atoms with Crippen LogP contribution in [0.2, 0.25) is 0 Å². The highest BCUT2D eigenvalue weighted by molar-refractivity contribution is 5.92. The van der Waals surface area contributed by atoms with Crippen molar-refractivity contribution < 1.29 is 19.1 Å². The number of methoxy groups -OCH3 is 2. The van der Waals surface area contributed by atoms with E-state index in [1.807, 2.05) is 6.92 Å². The van der Waals surface area contributed by atoms with Gasteiger partial charge in [0.1, 0.15) is 0 Å². The molecule has 25 heavy (non-hydrogen) atoms. The molecule has 0 saturated carbocycles. The Morgan fingerprint density at radius 1 is 1.16 bits per heavy atom. The Morgan fingerprint density at radius 3 is 2.44 bits per heavy atom. The van der Waals surface area contributed by atoms with Crippen LogP contribution in [0.25, 0.3) is 0 Å². The highest BCUT2D eigenvalue weighted by Crippen LogP contribution is 2.29. The lowest BCUT2D eigenvalue weighted by Gasteiger charge is -2.30. The second kappa shape index (κ2) is 9.27. The third kappa shape index (κ3) is 5.35. The fraction of sp³-hybridized carbons (Fsp3) is 0.556. The standard InChI is InChI=1S/C18H27N3O4/c1-4-19-18(23)13-7-9-21(10-8-13)12-17(22)20-14-5-6-15(24-2)16(11-14)25-3/h5-6,11,13H,4,7-10,12H2,1-3H3,(H,19,23)(H,20,22). The second-order valence-electron chi connectivity index (χ2n) is 6.06. The molecule has 138 valence electrons. The minimum Gasteiger partial charge on any atom is -0.493 e. The van der Waals surface area contributed by atoms with Crippen LogP contribution in [-0.4, -0.2) is 57.1 Å². The number of ether oxygens (including phenoxy) is 2. The van der Waals surface area contributed by atoms with E-state index in [1.54, 1.807) is 32.4 Å². The average molecular weight is 349 g/mol. The summed E-state index contributed by atoms with van der Waals surface area (Å²) in [6.45, 7) is 4.40. The third-order valence-corrected chi connectivity index (χ3v) is 4.34. The largest absolute Gasteiger partial charge is 0.493 e. The molecule has 2 rings (SSSR count). The number of rotatable bonds is 7. The minimum absolute atomic E-state index is 0.0603. The minimum atomic E-state index is -0.0799.